The first kappa shape index (κ1) is 42.3. The Kier molecular flexibility index (Phi) is 11.8. The highest BCUT2D eigenvalue weighted by molar-refractivity contribution is 5.18. The van der Waals surface area contributed by atoms with Crippen LogP contribution in [0.15, 0.2) is 11.6 Å². The molecule has 316 valence electrons. The van der Waals surface area contributed by atoms with E-state index in [0.29, 0.717) is 36.7 Å². The van der Waals surface area contributed by atoms with Gasteiger partial charge in [-0.2, -0.15) is 0 Å². The van der Waals surface area contributed by atoms with Gasteiger partial charge in [0, 0.05) is 5.92 Å². The lowest BCUT2D eigenvalue weighted by molar-refractivity contribution is -0.378. The topological polar surface area (TPSA) is 208 Å². The number of hydrogen-bond acceptors (Lipinski definition) is 13. The zero-order chi connectivity index (χ0) is 40.0. The Labute approximate surface area is 326 Å². The molecule has 7 aliphatic rings. The van der Waals surface area contributed by atoms with Gasteiger partial charge in [-0.3, -0.25) is 0 Å². The monoisotopic (exact) mass is 782 g/mol. The van der Waals surface area contributed by atoms with E-state index in [1.165, 1.54) is 5.57 Å². The number of allylic oxidation sites excluding steroid dienone is 1. The van der Waals surface area contributed by atoms with Gasteiger partial charge in [0.2, 0.25) is 0 Å². The molecule has 0 aromatic carbocycles. The van der Waals surface area contributed by atoms with Crippen LogP contribution >= 0.6 is 0 Å². The summed E-state index contributed by atoms with van der Waals surface area (Å²) < 4.78 is 30.6. The number of aliphatic hydroxyl groups excluding tert-OH is 8. The number of aliphatic hydroxyl groups is 8. The molecule has 4 aliphatic carbocycles. The van der Waals surface area contributed by atoms with Crippen LogP contribution < -0.4 is 0 Å². The van der Waals surface area contributed by atoms with Gasteiger partial charge in [0.25, 0.3) is 0 Å². The summed E-state index contributed by atoms with van der Waals surface area (Å²) in [5.41, 5.74) is 1.16. The van der Waals surface area contributed by atoms with Crippen molar-refractivity contribution >= 4 is 0 Å². The lowest BCUT2D eigenvalue weighted by Gasteiger charge is -2.68. The smallest absolute Gasteiger partial charge is 0.187 e. The maximum absolute atomic E-state index is 11.5. The van der Waals surface area contributed by atoms with Crippen LogP contribution in [-0.4, -0.2) is 140 Å². The molecule has 0 bridgehead atoms. The lowest BCUT2D eigenvalue weighted by atomic mass is 9.38. The molecule has 7 fully saturated rings. The first-order chi connectivity index (χ1) is 25.8. The first-order valence-electron chi connectivity index (χ1n) is 21.0. The molecule has 3 heterocycles. The van der Waals surface area contributed by atoms with Crippen LogP contribution in [-0.2, 0) is 23.7 Å². The van der Waals surface area contributed by atoms with Gasteiger partial charge in [0.1, 0.15) is 54.9 Å². The Morgan fingerprint density at radius 1 is 0.636 bits per heavy atom. The van der Waals surface area contributed by atoms with E-state index in [2.05, 4.69) is 54.5 Å². The predicted octanol–water partition coefficient (Wildman–Crippen LogP) is 2.02. The van der Waals surface area contributed by atoms with E-state index < -0.39 is 80.7 Å². The molecule has 13 nitrogen and oxygen atoms in total. The summed E-state index contributed by atoms with van der Waals surface area (Å²) in [5, 5.41) is 84.8. The zero-order valence-electron chi connectivity index (χ0n) is 33.9. The predicted molar refractivity (Wildman–Crippen MR) is 199 cm³/mol. The van der Waals surface area contributed by atoms with Crippen LogP contribution in [0.3, 0.4) is 0 Å². The molecule has 8 N–H and O–H groups in total. The van der Waals surface area contributed by atoms with Gasteiger partial charge in [0.15, 0.2) is 12.6 Å². The van der Waals surface area contributed by atoms with E-state index in [9.17, 15) is 40.9 Å². The molecule has 13 heteroatoms. The molecule has 3 saturated heterocycles. The fourth-order valence-electron chi connectivity index (χ4n) is 13.8. The van der Waals surface area contributed by atoms with Crippen molar-refractivity contribution in [2.75, 3.05) is 19.8 Å². The van der Waals surface area contributed by atoms with Crippen LogP contribution in [0.5, 0.6) is 0 Å². The first-order valence-corrected chi connectivity index (χ1v) is 21.0. The highest BCUT2D eigenvalue weighted by Gasteiger charge is 2.69. The Hall–Kier alpha value is -0.780. The van der Waals surface area contributed by atoms with Crippen molar-refractivity contribution in [3.8, 4) is 0 Å². The van der Waals surface area contributed by atoms with Crippen LogP contribution in [0.2, 0.25) is 0 Å². The van der Waals surface area contributed by atoms with Crippen molar-refractivity contribution in [2.45, 2.75) is 180 Å². The van der Waals surface area contributed by atoms with E-state index in [4.69, 9.17) is 23.7 Å². The fourth-order valence-corrected chi connectivity index (χ4v) is 13.8. The van der Waals surface area contributed by atoms with Gasteiger partial charge in [-0.15, -0.1) is 0 Å². The van der Waals surface area contributed by atoms with Crippen LogP contribution in [0.1, 0.15) is 99.8 Å². The van der Waals surface area contributed by atoms with E-state index >= 15 is 0 Å². The molecule has 55 heavy (non-hydrogen) atoms. The number of ether oxygens (including phenoxy) is 5. The molecular weight excluding hydrogens is 712 g/mol. The molecule has 0 aromatic rings. The van der Waals surface area contributed by atoms with E-state index in [1.54, 1.807) is 0 Å². The second kappa shape index (κ2) is 15.4. The summed E-state index contributed by atoms with van der Waals surface area (Å²) >= 11 is 0. The lowest BCUT2D eigenvalue weighted by Crippen LogP contribution is -2.66. The SMILES string of the molecule is CC(C)=C[C@H]1OC[C@@H]([C@@H]2CC[C@]3(C)[C@H]4CC[C@H]5C(C)(C)[C@@H](O[C@H]6O[C@@H](CO)[C@H](O)[C@@H](O)[C@@H]6O[C@@H]6O[C@H](CO)[C@H](O)[C@@H](O)[C@@H]6O)CC[C@@]5(C)[C@@H]4CC[C@@]23C)[C@@H]1O. The van der Waals surface area contributed by atoms with Gasteiger partial charge >= 0.3 is 0 Å². The molecule has 3 aliphatic heterocycles. The minimum Gasteiger partial charge on any atom is -0.394 e. The molecule has 0 unspecified atom stereocenters. The number of rotatable bonds is 8. The summed E-state index contributed by atoms with van der Waals surface area (Å²) in [6.07, 6.45) is -5.45. The molecule has 0 radical (unpaired) electrons. The zero-order valence-corrected chi connectivity index (χ0v) is 33.9. The van der Waals surface area contributed by atoms with E-state index in [1.807, 2.05) is 0 Å². The largest absolute Gasteiger partial charge is 0.394 e. The van der Waals surface area contributed by atoms with E-state index in [-0.39, 0.29) is 39.8 Å². The summed E-state index contributed by atoms with van der Waals surface area (Å²) in [6, 6.07) is 0. The Morgan fingerprint density at radius 3 is 1.87 bits per heavy atom. The average Bonchev–Trinajstić information content (AvgIpc) is 3.62. The molecule has 0 aromatic heterocycles. The second-order valence-corrected chi connectivity index (χ2v) is 20.1. The Morgan fingerprint density at radius 2 is 1.24 bits per heavy atom. The molecule has 21 atom stereocenters. The van der Waals surface area contributed by atoms with Crippen molar-refractivity contribution in [2.24, 2.45) is 51.2 Å². The standard InChI is InChI=1S/C42H70O13/c1-20(2)16-25-30(45)21(19-51-25)22-10-14-42(7)24-8-9-28-39(3,4)29(12-13-40(28,5)23(24)11-15-41(22,42)6)54-38-36(34(49)32(47)27(18-44)53-38)55-37-35(50)33(48)31(46)26(17-43)52-37/h16,21-38,43-50H,8-15,17-19H2,1-7H3/t21-,22-,23+,24-,25+,26+,27-,28-,29-,30-,31-,32-,33+,34+,35-,36-,37-,38+,40-,41-,42+/m0/s1. The van der Waals surface area contributed by atoms with Gasteiger partial charge < -0.3 is 64.5 Å². The number of hydrogen-bond donors (Lipinski definition) is 8. The van der Waals surface area contributed by atoms with Crippen molar-refractivity contribution in [3.63, 3.8) is 0 Å². The minimum atomic E-state index is -1.73. The van der Waals surface area contributed by atoms with Crippen molar-refractivity contribution < 1.29 is 64.5 Å². The third kappa shape index (κ3) is 6.71. The summed E-state index contributed by atoms with van der Waals surface area (Å²) in [4.78, 5) is 0. The third-order valence-corrected chi connectivity index (χ3v) is 17.0. The summed E-state index contributed by atoms with van der Waals surface area (Å²) in [5.74, 6) is 1.98. The Balaban J connectivity index is 1.08. The maximum Gasteiger partial charge on any atom is 0.187 e. The van der Waals surface area contributed by atoms with E-state index in [0.717, 1.165) is 44.9 Å². The summed E-state index contributed by atoms with van der Waals surface area (Å²) in [6.45, 7) is 15.5. The Bertz CT molecular complexity index is 1390. The van der Waals surface area contributed by atoms with Crippen LogP contribution in [0.4, 0.5) is 0 Å². The molecule has 0 spiro atoms. The van der Waals surface area contributed by atoms with Crippen molar-refractivity contribution in [1.29, 1.82) is 0 Å². The van der Waals surface area contributed by atoms with Gasteiger partial charge in [-0.1, -0.05) is 46.3 Å². The van der Waals surface area contributed by atoms with Crippen LogP contribution in [0, 0.1) is 51.2 Å². The number of fused-ring (bicyclic) bond motifs is 5. The summed E-state index contributed by atoms with van der Waals surface area (Å²) in [7, 11) is 0. The van der Waals surface area contributed by atoms with Crippen molar-refractivity contribution in [3.05, 3.63) is 11.6 Å². The normalized spacial score (nSPS) is 55.0. The second-order valence-electron chi connectivity index (χ2n) is 20.1. The van der Waals surface area contributed by atoms with Gasteiger partial charge in [0.05, 0.1) is 32.0 Å². The molecule has 4 saturated carbocycles. The maximum atomic E-state index is 11.5. The van der Waals surface area contributed by atoms with Gasteiger partial charge in [-0.25, -0.2) is 0 Å². The highest BCUT2D eigenvalue weighted by atomic mass is 16.8. The third-order valence-electron chi connectivity index (χ3n) is 17.0. The average molecular weight is 783 g/mol. The quantitative estimate of drug-likeness (QED) is 0.131. The van der Waals surface area contributed by atoms with Crippen molar-refractivity contribution in [1.82, 2.24) is 0 Å². The molecule has 7 rings (SSSR count). The highest BCUT2D eigenvalue weighted by Crippen LogP contribution is 2.75. The molecule has 0 amide bonds. The van der Waals surface area contributed by atoms with Crippen LogP contribution in [0.25, 0.3) is 0 Å². The fraction of sp³-hybridized carbons (Fsp3) is 0.952. The van der Waals surface area contributed by atoms with Gasteiger partial charge in [-0.05, 0) is 111 Å². The molecular formula is C42H70O13. The minimum absolute atomic E-state index is 0.0578.